The van der Waals surface area contributed by atoms with Crippen LogP contribution in [0.4, 0.5) is 0 Å². The summed E-state index contributed by atoms with van der Waals surface area (Å²) in [5, 5.41) is 0. The van der Waals surface area contributed by atoms with Gasteiger partial charge in [0.05, 0.1) is 24.4 Å². The van der Waals surface area contributed by atoms with Gasteiger partial charge in [0, 0.05) is 12.7 Å². The number of likely N-dealkylation sites (N-methyl/N-ethyl adjacent to an activating group) is 1. The van der Waals surface area contributed by atoms with Gasteiger partial charge in [0.1, 0.15) is 12.1 Å². The molecule has 1 aromatic rings. The van der Waals surface area contributed by atoms with Crippen molar-refractivity contribution >= 4 is 11.8 Å². The van der Waals surface area contributed by atoms with Crippen LogP contribution in [0.2, 0.25) is 0 Å². The van der Waals surface area contributed by atoms with Crippen LogP contribution >= 0.6 is 0 Å². The zero-order valence-electron chi connectivity index (χ0n) is 15.4. The van der Waals surface area contributed by atoms with E-state index in [-0.39, 0.29) is 24.0 Å². The molecule has 1 aromatic heterocycles. The van der Waals surface area contributed by atoms with E-state index >= 15 is 0 Å². The molecule has 2 atom stereocenters. The zero-order chi connectivity index (χ0) is 18.1. The molecule has 0 bridgehead atoms. The Labute approximate surface area is 143 Å². The molecule has 0 spiro atoms. The second kappa shape index (κ2) is 6.89. The summed E-state index contributed by atoms with van der Waals surface area (Å²) in [6.07, 6.45) is 0. The molecule has 2 heterocycles. The molecule has 1 aliphatic rings. The minimum Gasteiger partial charge on any atom is -0.373 e. The molecule has 1 saturated heterocycles. The number of aryl methyl sites for hydroxylation is 1. The van der Waals surface area contributed by atoms with E-state index in [4.69, 9.17) is 4.74 Å². The largest absolute Gasteiger partial charge is 0.373 e. The van der Waals surface area contributed by atoms with Gasteiger partial charge < -0.3 is 14.5 Å². The van der Waals surface area contributed by atoms with Crippen LogP contribution in [0, 0.1) is 6.92 Å². The first-order valence-corrected chi connectivity index (χ1v) is 8.24. The first-order valence-electron chi connectivity index (χ1n) is 8.24. The number of hydrogen-bond donors (Lipinski definition) is 0. The van der Waals surface area contributed by atoms with E-state index in [1.165, 1.54) is 4.90 Å². The molecule has 24 heavy (non-hydrogen) atoms. The molecule has 6 heteroatoms. The quantitative estimate of drug-likeness (QED) is 0.842. The fraction of sp³-hybridized carbons (Fsp3) is 0.611. The maximum atomic E-state index is 12.8. The Morgan fingerprint density at radius 2 is 1.88 bits per heavy atom. The number of piperazine rings is 1. The van der Waals surface area contributed by atoms with Gasteiger partial charge in [-0.2, -0.15) is 0 Å². The highest BCUT2D eigenvalue weighted by Crippen LogP contribution is 2.21. The second-order valence-electron chi connectivity index (χ2n) is 7.30. The summed E-state index contributed by atoms with van der Waals surface area (Å²) in [5.74, 6) is -0.179. The van der Waals surface area contributed by atoms with Gasteiger partial charge in [-0.3, -0.25) is 14.6 Å². The Bertz CT molecular complexity index is 624. The van der Waals surface area contributed by atoms with Crippen LogP contribution in [-0.4, -0.2) is 57.9 Å². The second-order valence-corrected chi connectivity index (χ2v) is 7.30. The van der Waals surface area contributed by atoms with Crippen molar-refractivity contribution < 1.29 is 14.3 Å². The Hall–Kier alpha value is -1.95. The van der Waals surface area contributed by atoms with Crippen molar-refractivity contribution in [3.8, 4) is 0 Å². The maximum absolute atomic E-state index is 12.8. The third-order valence-corrected chi connectivity index (χ3v) is 4.18. The number of hydrogen-bond acceptors (Lipinski definition) is 4. The van der Waals surface area contributed by atoms with E-state index in [0.717, 1.165) is 11.4 Å². The Kier molecular flexibility index (Phi) is 5.28. The van der Waals surface area contributed by atoms with Crippen LogP contribution in [0.15, 0.2) is 18.2 Å². The van der Waals surface area contributed by atoms with Crippen molar-refractivity contribution in [3.63, 3.8) is 0 Å². The van der Waals surface area contributed by atoms with Crippen molar-refractivity contribution in [1.29, 1.82) is 0 Å². The standard InChI is InChI=1S/C18H27N3O3/c1-12-8-7-9-14(19-12)10-21-15(11-24-18(3,4)5)17(23)20(6)13(2)16(21)22/h7-9,13,15H,10-11H2,1-6H3/t13-,15-/m0/s1. The van der Waals surface area contributed by atoms with Crippen molar-refractivity contribution in [1.82, 2.24) is 14.8 Å². The van der Waals surface area contributed by atoms with Gasteiger partial charge >= 0.3 is 0 Å². The van der Waals surface area contributed by atoms with E-state index in [1.807, 2.05) is 45.9 Å². The summed E-state index contributed by atoms with van der Waals surface area (Å²) >= 11 is 0. The average Bonchev–Trinajstić information content (AvgIpc) is 2.49. The minimum absolute atomic E-state index is 0.0806. The van der Waals surface area contributed by atoms with E-state index in [0.29, 0.717) is 6.54 Å². The summed E-state index contributed by atoms with van der Waals surface area (Å²) in [7, 11) is 1.66. The molecule has 0 radical (unpaired) electrons. The lowest BCUT2D eigenvalue weighted by Crippen LogP contribution is -2.64. The molecular formula is C18H27N3O3. The number of pyridine rings is 1. The summed E-state index contributed by atoms with van der Waals surface area (Å²) in [6.45, 7) is 9.93. The highest BCUT2D eigenvalue weighted by Gasteiger charge is 2.42. The summed E-state index contributed by atoms with van der Waals surface area (Å²) in [5.41, 5.74) is 1.28. The topological polar surface area (TPSA) is 62.7 Å². The third-order valence-electron chi connectivity index (χ3n) is 4.18. The predicted octanol–water partition coefficient (Wildman–Crippen LogP) is 1.76. The van der Waals surface area contributed by atoms with Crippen LogP contribution in [0.25, 0.3) is 0 Å². The zero-order valence-corrected chi connectivity index (χ0v) is 15.4. The first kappa shape index (κ1) is 18.4. The predicted molar refractivity (Wildman–Crippen MR) is 91.2 cm³/mol. The molecule has 2 amide bonds. The molecule has 1 fully saturated rings. The van der Waals surface area contributed by atoms with Crippen molar-refractivity contribution in [2.75, 3.05) is 13.7 Å². The van der Waals surface area contributed by atoms with Gasteiger partial charge in [0.25, 0.3) is 0 Å². The molecule has 1 aliphatic heterocycles. The van der Waals surface area contributed by atoms with Gasteiger partial charge in [-0.25, -0.2) is 0 Å². The maximum Gasteiger partial charge on any atom is 0.248 e. The van der Waals surface area contributed by atoms with Gasteiger partial charge in [-0.15, -0.1) is 0 Å². The van der Waals surface area contributed by atoms with Gasteiger partial charge in [0.2, 0.25) is 11.8 Å². The molecule has 0 aromatic carbocycles. The SMILES string of the molecule is Cc1cccc(CN2C(=O)[C@H](C)N(C)C(=O)[C@@H]2COC(C)(C)C)n1. The van der Waals surface area contributed by atoms with Crippen LogP contribution in [-0.2, 0) is 20.9 Å². The van der Waals surface area contributed by atoms with Gasteiger partial charge in [-0.05, 0) is 46.8 Å². The number of nitrogens with zero attached hydrogens (tertiary/aromatic N) is 3. The molecule has 0 aliphatic carbocycles. The lowest BCUT2D eigenvalue weighted by atomic mass is 10.1. The number of aromatic nitrogens is 1. The minimum atomic E-state index is -0.625. The van der Waals surface area contributed by atoms with Crippen LogP contribution in [0.3, 0.4) is 0 Å². The summed E-state index contributed by atoms with van der Waals surface area (Å²) < 4.78 is 5.80. The van der Waals surface area contributed by atoms with Crippen molar-refractivity contribution in [2.24, 2.45) is 0 Å². The summed E-state index contributed by atoms with van der Waals surface area (Å²) in [4.78, 5) is 33.0. The first-order chi connectivity index (χ1) is 11.1. The molecule has 132 valence electrons. The monoisotopic (exact) mass is 333 g/mol. The normalized spacial score (nSPS) is 22.2. The van der Waals surface area contributed by atoms with E-state index < -0.39 is 12.1 Å². The fourth-order valence-corrected chi connectivity index (χ4v) is 2.66. The number of carbonyl (C=O) groups excluding carboxylic acids is 2. The molecule has 6 nitrogen and oxygen atoms in total. The molecule has 0 N–H and O–H groups in total. The molecular weight excluding hydrogens is 306 g/mol. The molecule has 0 saturated carbocycles. The number of carbonyl (C=O) groups is 2. The van der Waals surface area contributed by atoms with Crippen LogP contribution in [0.1, 0.15) is 39.1 Å². The fourth-order valence-electron chi connectivity index (χ4n) is 2.66. The smallest absolute Gasteiger partial charge is 0.248 e. The van der Waals surface area contributed by atoms with E-state index in [2.05, 4.69) is 4.98 Å². The molecule has 0 unspecified atom stereocenters. The summed E-state index contributed by atoms with van der Waals surface area (Å²) in [6, 6.07) is 4.58. The number of rotatable bonds is 4. The average molecular weight is 333 g/mol. The van der Waals surface area contributed by atoms with E-state index in [9.17, 15) is 9.59 Å². The van der Waals surface area contributed by atoms with E-state index in [1.54, 1.807) is 18.9 Å². The Morgan fingerprint density at radius 1 is 1.21 bits per heavy atom. The lowest BCUT2D eigenvalue weighted by molar-refractivity contribution is -0.165. The van der Waals surface area contributed by atoms with Crippen LogP contribution in [0.5, 0.6) is 0 Å². The van der Waals surface area contributed by atoms with Crippen molar-refractivity contribution in [2.45, 2.75) is 58.8 Å². The van der Waals surface area contributed by atoms with Gasteiger partial charge in [0.15, 0.2) is 0 Å². The Balaban J connectivity index is 2.27. The molecule has 2 rings (SSSR count). The lowest BCUT2D eigenvalue weighted by Gasteiger charge is -2.42. The number of ether oxygens (including phenoxy) is 1. The van der Waals surface area contributed by atoms with Crippen molar-refractivity contribution in [3.05, 3.63) is 29.6 Å². The number of amides is 2. The Morgan fingerprint density at radius 3 is 2.46 bits per heavy atom. The van der Waals surface area contributed by atoms with Crippen LogP contribution < -0.4 is 0 Å². The third kappa shape index (κ3) is 4.12. The highest BCUT2D eigenvalue weighted by atomic mass is 16.5. The van der Waals surface area contributed by atoms with Gasteiger partial charge in [-0.1, -0.05) is 6.07 Å². The highest BCUT2D eigenvalue weighted by molar-refractivity contribution is 5.96.